The summed E-state index contributed by atoms with van der Waals surface area (Å²) in [5.41, 5.74) is 1.68. The van der Waals surface area contributed by atoms with Gasteiger partial charge in [-0.1, -0.05) is 37.3 Å². The minimum absolute atomic E-state index is 0.00994. The summed E-state index contributed by atoms with van der Waals surface area (Å²) in [5.74, 6) is -0.960. The van der Waals surface area contributed by atoms with Gasteiger partial charge in [0.05, 0.1) is 23.3 Å². The summed E-state index contributed by atoms with van der Waals surface area (Å²) < 4.78 is 10.9. The maximum Gasteiger partial charge on any atom is 0.375 e. The number of fused-ring (bicyclic) bond motifs is 1. The van der Waals surface area contributed by atoms with Crippen molar-refractivity contribution in [1.82, 2.24) is 4.98 Å². The molecule has 0 amide bonds. The number of rotatable bonds is 5. The largest absolute Gasteiger partial charge is 0.508 e. The summed E-state index contributed by atoms with van der Waals surface area (Å²) in [4.78, 5) is 30.6. The van der Waals surface area contributed by atoms with Gasteiger partial charge in [-0.2, -0.15) is 0 Å². The van der Waals surface area contributed by atoms with Crippen molar-refractivity contribution in [2.24, 2.45) is 0 Å². The fourth-order valence-electron chi connectivity index (χ4n) is 3.23. The topological polar surface area (TPSA) is 89.6 Å². The summed E-state index contributed by atoms with van der Waals surface area (Å²) in [6, 6.07) is 12.5. The first-order chi connectivity index (χ1) is 14.5. The van der Waals surface area contributed by atoms with Crippen LogP contribution in [0.3, 0.4) is 0 Å². The van der Waals surface area contributed by atoms with E-state index in [1.54, 1.807) is 18.4 Å². The Morgan fingerprint density at radius 3 is 2.67 bits per heavy atom. The molecule has 152 valence electrons. The molecular formula is C23H19NO5S. The van der Waals surface area contributed by atoms with E-state index < -0.39 is 5.97 Å². The number of esters is 1. The molecule has 30 heavy (non-hydrogen) atoms. The minimum Gasteiger partial charge on any atom is -0.508 e. The van der Waals surface area contributed by atoms with Crippen LogP contribution in [0.25, 0.3) is 32.8 Å². The predicted octanol–water partition coefficient (Wildman–Crippen LogP) is 5.03. The molecule has 1 N–H and O–H groups in total. The second-order valence-electron chi connectivity index (χ2n) is 6.59. The van der Waals surface area contributed by atoms with Gasteiger partial charge in [-0.05, 0) is 25.0 Å². The number of hydrogen-bond acceptors (Lipinski definition) is 7. The lowest BCUT2D eigenvalue weighted by Crippen LogP contribution is -2.15. The van der Waals surface area contributed by atoms with Crippen LogP contribution in [0.1, 0.15) is 30.0 Å². The summed E-state index contributed by atoms with van der Waals surface area (Å²) in [5, 5.41) is 12.9. The van der Waals surface area contributed by atoms with Gasteiger partial charge < -0.3 is 14.3 Å². The Morgan fingerprint density at radius 1 is 1.20 bits per heavy atom. The van der Waals surface area contributed by atoms with Crippen LogP contribution in [-0.2, 0) is 11.2 Å². The van der Waals surface area contributed by atoms with E-state index >= 15 is 0 Å². The molecule has 0 aliphatic rings. The molecule has 4 aromatic rings. The number of ether oxygens (including phenoxy) is 1. The molecule has 7 heteroatoms. The second kappa shape index (κ2) is 8.12. The average Bonchev–Trinajstić information content (AvgIpc) is 3.23. The molecule has 2 aromatic heterocycles. The van der Waals surface area contributed by atoms with E-state index in [0.29, 0.717) is 17.7 Å². The number of aryl methyl sites for hydroxylation is 1. The number of thiazole rings is 1. The lowest BCUT2D eigenvalue weighted by molar-refractivity contribution is 0.0492. The first-order valence-electron chi connectivity index (χ1n) is 9.54. The van der Waals surface area contributed by atoms with Gasteiger partial charge in [0.25, 0.3) is 0 Å². The highest BCUT2D eigenvalue weighted by Crippen LogP contribution is 2.32. The molecule has 0 saturated carbocycles. The molecule has 0 aliphatic heterocycles. The zero-order chi connectivity index (χ0) is 21.3. The van der Waals surface area contributed by atoms with Crippen molar-refractivity contribution in [3.05, 3.63) is 69.4 Å². The summed E-state index contributed by atoms with van der Waals surface area (Å²) in [7, 11) is 0. The van der Waals surface area contributed by atoms with Crippen molar-refractivity contribution in [2.45, 2.75) is 20.3 Å². The third-order valence-corrected chi connectivity index (χ3v) is 5.61. The SMILES string of the molecule is CCOC(=O)c1oc2cc(O)c(CC)cc2c(=O)c1-c1csc(-c2ccccc2)n1. The number of aromatic nitrogens is 1. The number of phenolic OH excluding ortho intramolecular Hbond substituents is 1. The van der Waals surface area contributed by atoms with E-state index in [-0.39, 0.29) is 40.1 Å². The van der Waals surface area contributed by atoms with E-state index in [2.05, 4.69) is 4.98 Å². The van der Waals surface area contributed by atoms with E-state index in [1.807, 2.05) is 37.3 Å². The van der Waals surface area contributed by atoms with Crippen LogP contribution < -0.4 is 5.43 Å². The molecule has 6 nitrogen and oxygen atoms in total. The quantitative estimate of drug-likeness (QED) is 0.455. The fourth-order valence-corrected chi connectivity index (χ4v) is 4.05. The predicted molar refractivity (Wildman–Crippen MR) is 116 cm³/mol. The first kappa shape index (κ1) is 19.8. The number of carbonyl (C=O) groups is 1. The lowest BCUT2D eigenvalue weighted by Gasteiger charge is -2.09. The Morgan fingerprint density at radius 2 is 1.97 bits per heavy atom. The first-order valence-corrected chi connectivity index (χ1v) is 10.4. The Hall–Kier alpha value is -3.45. The highest BCUT2D eigenvalue weighted by Gasteiger charge is 2.25. The summed E-state index contributed by atoms with van der Waals surface area (Å²) >= 11 is 1.37. The van der Waals surface area contributed by atoms with Crippen LogP contribution in [0, 0.1) is 0 Å². The molecule has 4 rings (SSSR count). The Labute approximate surface area is 176 Å². The Bertz CT molecular complexity index is 1290. The molecule has 0 spiro atoms. The minimum atomic E-state index is -0.750. The summed E-state index contributed by atoms with van der Waals surface area (Å²) in [6.45, 7) is 3.68. The maximum atomic E-state index is 13.4. The number of nitrogens with zero attached hydrogens (tertiary/aromatic N) is 1. The molecule has 2 aromatic carbocycles. The zero-order valence-electron chi connectivity index (χ0n) is 16.5. The van der Waals surface area contributed by atoms with Gasteiger partial charge >= 0.3 is 5.97 Å². The summed E-state index contributed by atoms with van der Waals surface area (Å²) in [6.07, 6.45) is 0.547. The van der Waals surface area contributed by atoms with Gasteiger partial charge in [0.1, 0.15) is 16.3 Å². The molecule has 0 bridgehead atoms. The number of hydrogen-bond donors (Lipinski definition) is 1. The van der Waals surface area contributed by atoms with Gasteiger partial charge in [0, 0.05) is 17.0 Å². The van der Waals surface area contributed by atoms with Crippen LogP contribution in [0.2, 0.25) is 0 Å². The van der Waals surface area contributed by atoms with E-state index in [9.17, 15) is 14.7 Å². The van der Waals surface area contributed by atoms with Crippen LogP contribution in [0.4, 0.5) is 0 Å². The lowest BCUT2D eigenvalue weighted by atomic mass is 10.0. The standard InChI is InChI=1S/C23H19NO5S/c1-3-13-10-15-18(11-17(13)25)29-21(23(27)28-4-2)19(20(15)26)16-12-30-22(24-16)14-8-6-5-7-9-14/h5-12,25H,3-4H2,1-2H3. The molecule has 0 unspecified atom stereocenters. The number of carbonyl (C=O) groups excluding carboxylic acids is 1. The van der Waals surface area contributed by atoms with Crippen LogP contribution in [0.15, 0.2) is 57.1 Å². The van der Waals surface area contributed by atoms with Gasteiger partial charge in [-0.15, -0.1) is 11.3 Å². The zero-order valence-corrected chi connectivity index (χ0v) is 17.3. The third kappa shape index (κ3) is 3.48. The maximum absolute atomic E-state index is 13.4. The fraction of sp³-hybridized carbons (Fsp3) is 0.174. The van der Waals surface area contributed by atoms with Gasteiger partial charge in [-0.3, -0.25) is 4.79 Å². The van der Waals surface area contributed by atoms with Gasteiger partial charge in [0.15, 0.2) is 0 Å². The van der Waals surface area contributed by atoms with E-state index in [1.165, 1.54) is 17.4 Å². The second-order valence-corrected chi connectivity index (χ2v) is 7.45. The number of phenols is 1. The smallest absolute Gasteiger partial charge is 0.375 e. The molecule has 0 saturated heterocycles. The third-order valence-electron chi connectivity index (χ3n) is 4.71. The highest BCUT2D eigenvalue weighted by atomic mass is 32.1. The highest BCUT2D eigenvalue weighted by molar-refractivity contribution is 7.13. The normalized spacial score (nSPS) is 11.0. The van der Waals surface area contributed by atoms with Crippen LogP contribution in [0.5, 0.6) is 5.75 Å². The molecule has 0 fully saturated rings. The molecule has 0 aliphatic carbocycles. The van der Waals surface area contributed by atoms with Crippen LogP contribution >= 0.6 is 11.3 Å². The van der Waals surface area contributed by atoms with Crippen molar-refractivity contribution >= 4 is 28.3 Å². The van der Waals surface area contributed by atoms with Gasteiger partial charge in [0.2, 0.25) is 11.2 Å². The molecule has 2 heterocycles. The van der Waals surface area contributed by atoms with E-state index in [0.717, 1.165) is 10.6 Å². The Kier molecular flexibility index (Phi) is 5.37. The Balaban J connectivity index is 1.97. The van der Waals surface area contributed by atoms with Crippen LogP contribution in [-0.4, -0.2) is 22.7 Å². The van der Waals surface area contributed by atoms with Crippen molar-refractivity contribution < 1.29 is 19.1 Å². The van der Waals surface area contributed by atoms with Crippen molar-refractivity contribution in [1.29, 1.82) is 0 Å². The van der Waals surface area contributed by atoms with Gasteiger partial charge in [-0.25, -0.2) is 9.78 Å². The van der Waals surface area contributed by atoms with Crippen molar-refractivity contribution in [3.63, 3.8) is 0 Å². The number of benzene rings is 2. The van der Waals surface area contributed by atoms with Crippen molar-refractivity contribution in [3.8, 4) is 27.6 Å². The molecule has 0 atom stereocenters. The van der Waals surface area contributed by atoms with E-state index in [4.69, 9.17) is 9.15 Å². The molecular weight excluding hydrogens is 402 g/mol. The molecule has 0 radical (unpaired) electrons. The average molecular weight is 421 g/mol. The number of aromatic hydroxyl groups is 1. The monoisotopic (exact) mass is 421 g/mol. The van der Waals surface area contributed by atoms with Crippen molar-refractivity contribution in [2.75, 3.05) is 6.61 Å².